The molecule has 0 bridgehead atoms. The molecule has 1 aliphatic heterocycles. The molecular formula is C10H12N2O3S. The average Bonchev–Trinajstić information content (AvgIpc) is 2.22. The minimum absolute atomic E-state index is 0.0159. The van der Waals surface area contributed by atoms with E-state index in [2.05, 4.69) is 10.0 Å². The number of aryl methyl sites for hydroxylation is 1. The van der Waals surface area contributed by atoms with E-state index in [4.69, 9.17) is 4.55 Å². The summed E-state index contributed by atoms with van der Waals surface area (Å²) in [5, 5.41) is 2.78. The molecule has 1 heterocycles. The van der Waals surface area contributed by atoms with Gasteiger partial charge in [-0.25, -0.2) is 4.21 Å². The van der Waals surface area contributed by atoms with Gasteiger partial charge in [0.2, 0.25) is 5.91 Å². The molecule has 0 aliphatic carbocycles. The maximum atomic E-state index is 11.3. The highest BCUT2D eigenvalue weighted by Gasteiger charge is 2.19. The van der Waals surface area contributed by atoms with Gasteiger partial charge in [-0.3, -0.25) is 14.1 Å². The van der Waals surface area contributed by atoms with Crippen LogP contribution in [0.3, 0.4) is 0 Å². The topological polar surface area (TPSA) is 78.4 Å². The van der Waals surface area contributed by atoms with Gasteiger partial charge in [0.05, 0.1) is 5.69 Å². The molecule has 0 fully saturated rings. The molecule has 1 aromatic rings. The van der Waals surface area contributed by atoms with E-state index >= 15 is 0 Å². The molecule has 16 heavy (non-hydrogen) atoms. The molecule has 1 aromatic carbocycles. The first kappa shape index (κ1) is 11.1. The Morgan fingerprint density at radius 3 is 2.88 bits per heavy atom. The van der Waals surface area contributed by atoms with Crippen molar-refractivity contribution in [1.82, 2.24) is 0 Å². The lowest BCUT2D eigenvalue weighted by molar-refractivity contribution is -0.116. The molecule has 0 radical (unpaired) electrons. The molecule has 1 unspecified atom stereocenters. The van der Waals surface area contributed by atoms with Crippen molar-refractivity contribution in [3.63, 3.8) is 0 Å². The minimum atomic E-state index is -2.09. The van der Waals surface area contributed by atoms with Gasteiger partial charge in [-0.15, -0.1) is 0 Å². The van der Waals surface area contributed by atoms with E-state index in [9.17, 15) is 9.00 Å². The summed E-state index contributed by atoms with van der Waals surface area (Å²) < 4.78 is 22.0. The number of hydrogen-bond acceptors (Lipinski definition) is 2. The molecule has 0 spiro atoms. The van der Waals surface area contributed by atoms with Gasteiger partial charge in [-0.05, 0) is 25.0 Å². The lowest BCUT2D eigenvalue weighted by atomic mass is 9.98. The molecule has 0 saturated heterocycles. The molecule has 86 valence electrons. The summed E-state index contributed by atoms with van der Waals surface area (Å²) in [7, 11) is 0. The Bertz CT molecular complexity index is 473. The van der Waals surface area contributed by atoms with Gasteiger partial charge in [0, 0.05) is 17.7 Å². The van der Waals surface area contributed by atoms with Gasteiger partial charge in [0.1, 0.15) is 0 Å². The average molecular weight is 240 g/mol. The van der Waals surface area contributed by atoms with Gasteiger partial charge >= 0.3 is 0 Å². The Labute approximate surface area is 95.7 Å². The van der Waals surface area contributed by atoms with Crippen LogP contribution in [-0.4, -0.2) is 14.7 Å². The fraction of sp³-hybridized carbons (Fsp3) is 0.300. The van der Waals surface area contributed by atoms with Crippen LogP contribution in [0, 0.1) is 6.92 Å². The van der Waals surface area contributed by atoms with Crippen LogP contribution in [0.25, 0.3) is 0 Å². The van der Waals surface area contributed by atoms with Gasteiger partial charge in [-0.2, -0.15) is 0 Å². The normalized spacial score (nSPS) is 16.2. The van der Waals surface area contributed by atoms with Gasteiger partial charge in [0.15, 0.2) is 0 Å². The van der Waals surface area contributed by atoms with Crippen molar-refractivity contribution in [2.45, 2.75) is 19.8 Å². The SMILES string of the molecule is Cc1ccc(NS(=O)O)c2c1NC(=O)CC2. The van der Waals surface area contributed by atoms with Crippen LogP contribution in [0.4, 0.5) is 11.4 Å². The Morgan fingerprint density at radius 1 is 1.44 bits per heavy atom. The largest absolute Gasteiger partial charge is 0.326 e. The Kier molecular flexibility index (Phi) is 2.93. The van der Waals surface area contributed by atoms with Gasteiger partial charge in [0.25, 0.3) is 11.3 Å². The van der Waals surface area contributed by atoms with Crippen LogP contribution < -0.4 is 10.0 Å². The highest BCUT2D eigenvalue weighted by molar-refractivity contribution is 7.80. The van der Waals surface area contributed by atoms with E-state index in [0.29, 0.717) is 18.5 Å². The van der Waals surface area contributed by atoms with Crippen LogP contribution >= 0.6 is 0 Å². The van der Waals surface area contributed by atoms with Crippen LogP contribution in [0.1, 0.15) is 17.5 Å². The number of hydrogen-bond donors (Lipinski definition) is 3. The molecule has 2 rings (SSSR count). The monoisotopic (exact) mass is 240 g/mol. The van der Waals surface area contributed by atoms with Crippen LogP contribution in [-0.2, 0) is 22.5 Å². The predicted molar refractivity (Wildman–Crippen MR) is 62.5 cm³/mol. The highest BCUT2D eigenvalue weighted by Crippen LogP contribution is 2.32. The quantitative estimate of drug-likeness (QED) is 0.684. The molecule has 1 aliphatic rings. The van der Waals surface area contributed by atoms with Crippen molar-refractivity contribution >= 4 is 28.5 Å². The summed E-state index contributed by atoms with van der Waals surface area (Å²) in [6.07, 6.45) is 0.992. The number of carbonyl (C=O) groups is 1. The fourth-order valence-corrected chi connectivity index (χ4v) is 2.21. The Morgan fingerprint density at radius 2 is 2.19 bits per heavy atom. The lowest BCUT2D eigenvalue weighted by Gasteiger charge is -2.21. The van der Waals surface area contributed by atoms with Crippen molar-refractivity contribution in [1.29, 1.82) is 0 Å². The first-order valence-electron chi connectivity index (χ1n) is 4.88. The zero-order valence-corrected chi connectivity index (χ0v) is 9.56. The zero-order valence-electron chi connectivity index (χ0n) is 8.74. The summed E-state index contributed by atoms with van der Waals surface area (Å²) >= 11 is -2.09. The zero-order chi connectivity index (χ0) is 11.7. The third kappa shape index (κ3) is 2.07. The van der Waals surface area contributed by atoms with Crippen molar-refractivity contribution in [3.05, 3.63) is 23.3 Å². The predicted octanol–water partition coefficient (Wildman–Crippen LogP) is 1.43. The number of nitrogens with one attached hydrogen (secondary N) is 2. The summed E-state index contributed by atoms with van der Waals surface area (Å²) in [4.78, 5) is 11.3. The minimum Gasteiger partial charge on any atom is -0.326 e. The van der Waals surface area contributed by atoms with E-state index in [-0.39, 0.29) is 5.91 Å². The molecular weight excluding hydrogens is 228 g/mol. The first-order chi connectivity index (χ1) is 7.58. The third-order valence-corrected chi connectivity index (χ3v) is 2.98. The molecule has 1 atom stereocenters. The molecule has 0 saturated carbocycles. The van der Waals surface area contributed by atoms with Crippen molar-refractivity contribution in [2.75, 3.05) is 10.0 Å². The maximum Gasteiger partial charge on any atom is 0.259 e. The van der Waals surface area contributed by atoms with E-state index in [1.807, 2.05) is 6.92 Å². The van der Waals surface area contributed by atoms with E-state index in [1.165, 1.54) is 0 Å². The van der Waals surface area contributed by atoms with Gasteiger partial charge in [-0.1, -0.05) is 6.07 Å². The van der Waals surface area contributed by atoms with Crippen LogP contribution in [0.15, 0.2) is 12.1 Å². The number of benzene rings is 1. The van der Waals surface area contributed by atoms with E-state index in [1.54, 1.807) is 12.1 Å². The van der Waals surface area contributed by atoms with Crippen LogP contribution in [0.2, 0.25) is 0 Å². The molecule has 1 amide bonds. The highest BCUT2D eigenvalue weighted by atomic mass is 32.2. The van der Waals surface area contributed by atoms with E-state index < -0.39 is 11.3 Å². The molecule has 0 aromatic heterocycles. The molecule has 5 nitrogen and oxygen atoms in total. The number of rotatable bonds is 2. The number of anilines is 2. The maximum absolute atomic E-state index is 11.3. The Hall–Kier alpha value is -1.40. The van der Waals surface area contributed by atoms with Crippen molar-refractivity contribution < 1.29 is 13.6 Å². The number of fused-ring (bicyclic) bond motifs is 1. The van der Waals surface area contributed by atoms with Crippen LogP contribution in [0.5, 0.6) is 0 Å². The lowest BCUT2D eigenvalue weighted by Crippen LogP contribution is -2.21. The second-order valence-corrected chi connectivity index (χ2v) is 4.39. The number of carbonyl (C=O) groups excluding carboxylic acids is 1. The van der Waals surface area contributed by atoms with E-state index in [0.717, 1.165) is 16.8 Å². The fourth-order valence-electron chi connectivity index (χ4n) is 1.83. The van der Waals surface area contributed by atoms with Crippen molar-refractivity contribution in [2.24, 2.45) is 0 Å². The van der Waals surface area contributed by atoms with Gasteiger partial charge < -0.3 is 5.32 Å². The molecule has 6 heteroatoms. The smallest absolute Gasteiger partial charge is 0.259 e. The standard InChI is InChI=1S/C10H12N2O3S/c1-6-2-4-8(12-16(14)15)7-3-5-9(13)11-10(6)7/h2,4,12H,3,5H2,1H3,(H,11,13)(H,14,15). The number of amides is 1. The summed E-state index contributed by atoms with van der Waals surface area (Å²) in [5.74, 6) is -0.0159. The van der Waals surface area contributed by atoms with Crippen molar-refractivity contribution in [3.8, 4) is 0 Å². The second-order valence-electron chi connectivity index (χ2n) is 3.68. The summed E-state index contributed by atoms with van der Waals surface area (Å²) in [6.45, 7) is 1.89. The molecule has 3 N–H and O–H groups in total. The summed E-state index contributed by atoms with van der Waals surface area (Å²) in [6, 6.07) is 3.55. The second kappa shape index (κ2) is 4.23. The third-order valence-electron chi connectivity index (χ3n) is 2.58. The Balaban J connectivity index is 2.46. The summed E-state index contributed by atoms with van der Waals surface area (Å²) in [5.41, 5.74) is 3.20. The first-order valence-corrected chi connectivity index (χ1v) is 5.98.